The number of anilines is 1. The molecule has 0 saturated carbocycles. The number of carbonyl (C=O) groups excluding carboxylic acids is 1. The van der Waals surface area contributed by atoms with E-state index in [1.54, 1.807) is 11.0 Å². The number of aromatic amines is 1. The summed E-state index contributed by atoms with van der Waals surface area (Å²) in [6.07, 6.45) is 0.807. The maximum absolute atomic E-state index is 12.7. The first kappa shape index (κ1) is 14.1. The van der Waals surface area contributed by atoms with Gasteiger partial charge in [-0.05, 0) is 36.2 Å². The van der Waals surface area contributed by atoms with Crippen molar-refractivity contribution in [3.8, 4) is 0 Å². The van der Waals surface area contributed by atoms with Crippen molar-refractivity contribution in [1.29, 1.82) is 0 Å². The number of fused-ring (bicyclic) bond motifs is 2. The number of aromatic nitrogens is 2. The third kappa shape index (κ3) is 2.33. The van der Waals surface area contributed by atoms with E-state index >= 15 is 0 Å². The molecule has 0 bridgehead atoms. The van der Waals surface area contributed by atoms with Crippen molar-refractivity contribution in [2.45, 2.75) is 13.0 Å². The molecule has 23 heavy (non-hydrogen) atoms. The highest BCUT2D eigenvalue weighted by molar-refractivity contribution is 6.31. The minimum atomic E-state index is -0.273. The van der Waals surface area contributed by atoms with Crippen LogP contribution in [-0.4, -0.2) is 22.0 Å². The van der Waals surface area contributed by atoms with E-state index < -0.39 is 0 Å². The lowest BCUT2D eigenvalue weighted by atomic mass is 10.2. The molecule has 0 saturated heterocycles. The first-order valence-corrected chi connectivity index (χ1v) is 7.77. The molecule has 6 heteroatoms. The van der Waals surface area contributed by atoms with Gasteiger partial charge in [-0.15, -0.1) is 0 Å². The number of hydrogen-bond donors (Lipinski definition) is 1. The highest BCUT2D eigenvalue weighted by Crippen LogP contribution is 2.31. The van der Waals surface area contributed by atoms with Crippen molar-refractivity contribution in [3.05, 3.63) is 63.5 Å². The Morgan fingerprint density at radius 2 is 2.04 bits per heavy atom. The zero-order chi connectivity index (χ0) is 16.0. The van der Waals surface area contributed by atoms with Crippen molar-refractivity contribution < 1.29 is 4.79 Å². The molecule has 0 radical (unpaired) electrons. The molecule has 0 aliphatic carbocycles. The first-order chi connectivity index (χ1) is 11.1. The summed E-state index contributed by atoms with van der Waals surface area (Å²) in [5.41, 5.74) is 3.14. The molecular formula is C17H14ClN3O2. The van der Waals surface area contributed by atoms with Crippen LogP contribution in [0.3, 0.4) is 0 Å². The Bertz CT molecular complexity index is 973. The minimum absolute atomic E-state index is 0.00873. The fourth-order valence-electron chi connectivity index (χ4n) is 3.10. The summed E-state index contributed by atoms with van der Waals surface area (Å²) < 4.78 is 1.47. The van der Waals surface area contributed by atoms with Gasteiger partial charge >= 0.3 is 5.69 Å². The van der Waals surface area contributed by atoms with Gasteiger partial charge in [-0.25, -0.2) is 4.79 Å². The van der Waals surface area contributed by atoms with E-state index in [0.717, 1.165) is 28.7 Å². The molecule has 0 spiro atoms. The third-order valence-electron chi connectivity index (χ3n) is 4.22. The predicted molar refractivity (Wildman–Crippen MR) is 90.1 cm³/mol. The Hall–Kier alpha value is -2.53. The number of rotatable bonds is 2. The quantitative estimate of drug-likeness (QED) is 0.786. The highest BCUT2D eigenvalue weighted by atomic mass is 35.5. The molecule has 116 valence electrons. The van der Waals surface area contributed by atoms with Crippen molar-refractivity contribution in [2.75, 3.05) is 11.4 Å². The van der Waals surface area contributed by atoms with Gasteiger partial charge in [0, 0.05) is 17.3 Å². The van der Waals surface area contributed by atoms with E-state index in [4.69, 9.17) is 11.6 Å². The third-order valence-corrected chi connectivity index (χ3v) is 4.45. The maximum Gasteiger partial charge on any atom is 0.326 e. The van der Waals surface area contributed by atoms with Crippen LogP contribution < -0.4 is 10.6 Å². The van der Waals surface area contributed by atoms with Crippen molar-refractivity contribution in [2.24, 2.45) is 0 Å². The molecule has 1 aliphatic rings. The highest BCUT2D eigenvalue weighted by Gasteiger charge is 2.25. The largest absolute Gasteiger partial charge is 0.326 e. The molecule has 3 aromatic rings. The Kier molecular flexibility index (Phi) is 3.23. The molecule has 2 heterocycles. The Labute approximate surface area is 137 Å². The molecule has 1 aromatic heterocycles. The second-order valence-corrected chi connectivity index (χ2v) is 6.04. The van der Waals surface area contributed by atoms with Gasteiger partial charge in [0.25, 0.3) is 0 Å². The van der Waals surface area contributed by atoms with Crippen LogP contribution >= 0.6 is 11.6 Å². The van der Waals surface area contributed by atoms with E-state index in [1.807, 2.05) is 36.4 Å². The molecule has 0 fully saturated rings. The summed E-state index contributed by atoms with van der Waals surface area (Å²) in [6, 6.07) is 12.9. The molecule has 2 aromatic carbocycles. The summed E-state index contributed by atoms with van der Waals surface area (Å²) in [4.78, 5) is 29.3. The number of amides is 1. The summed E-state index contributed by atoms with van der Waals surface area (Å²) in [5, 5.41) is 0.604. The first-order valence-electron chi connectivity index (χ1n) is 7.40. The topological polar surface area (TPSA) is 58.1 Å². The van der Waals surface area contributed by atoms with E-state index in [1.165, 1.54) is 4.57 Å². The van der Waals surface area contributed by atoms with E-state index in [-0.39, 0.29) is 18.1 Å². The van der Waals surface area contributed by atoms with Crippen LogP contribution in [0.15, 0.2) is 47.3 Å². The molecule has 0 atom stereocenters. The van der Waals surface area contributed by atoms with Crippen molar-refractivity contribution >= 4 is 34.2 Å². The lowest BCUT2D eigenvalue weighted by molar-refractivity contribution is -0.119. The molecule has 4 rings (SSSR count). The average molecular weight is 328 g/mol. The van der Waals surface area contributed by atoms with Crippen LogP contribution in [-0.2, 0) is 17.8 Å². The fraction of sp³-hybridized carbons (Fsp3) is 0.176. The summed E-state index contributed by atoms with van der Waals surface area (Å²) in [6.45, 7) is 0.625. The van der Waals surface area contributed by atoms with E-state index in [0.29, 0.717) is 11.6 Å². The second kappa shape index (κ2) is 5.28. The van der Waals surface area contributed by atoms with Gasteiger partial charge in [0.05, 0.1) is 11.0 Å². The maximum atomic E-state index is 12.7. The standard InChI is InChI=1S/C17H14ClN3O2/c18-12-6-5-11-7-8-20(15(11)9-12)16(22)10-21-14-4-2-1-3-13(14)19-17(21)23/h1-6,9H,7-8,10H2,(H,19,23). The number of carbonyl (C=O) groups is 1. The van der Waals surface area contributed by atoms with Crippen molar-refractivity contribution in [1.82, 2.24) is 9.55 Å². The number of H-pyrrole nitrogens is 1. The van der Waals surface area contributed by atoms with E-state index in [2.05, 4.69) is 4.98 Å². The van der Waals surface area contributed by atoms with Crippen LogP contribution in [0.1, 0.15) is 5.56 Å². The minimum Gasteiger partial charge on any atom is -0.310 e. The van der Waals surface area contributed by atoms with Gasteiger partial charge in [-0.1, -0.05) is 29.8 Å². The van der Waals surface area contributed by atoms with Gasteiger partial charge < -0.3 is 9.88 Å². The zero-order valence-electron chi connectivity index (χ0n) is 12.3. The fourth-order valence-corrected chi connectivity index (χ4v) is 3.26. The van der Waals surface area contributed by atoms with Gasteiger partial charge in [-0.3, -0.25) is 9.36 Å². The second-order valence-electron chi connectivity index (χ2n) is 5.60. The summed E-state index contributed by atoms with van der Waals surface area (Å²) in [7, 11) is 0. The van der Waals surface area contributed by atoms with E-state index in [9.17, 15) is 9.59 Å². The number of para-hydroxylation sites is 2. The number of hydrogen-bond acceptors (Lipinski definition) is 2. The van der Waals surface area contributed by atoms with Crippen LogP contribution in [0.2, 0.25) is 5.02 Å². The van der Waals surface area contributed by atoms with Gasteiger partial charge in [0.15, 0.2) is 0 Å². The SMILES string of the molecule is O=C(Cn1c(=O)[nH]c2ccccc21)N1CCc2ccc(Cl)cc21. The van der Waals surface area contributed by atoms with Crippen molar-refractivity contribution in [3.63, 3.8) is 0 Å². The zero-order valence-corrected chi connectivity index (χ0v) is 13.0. The lowest BCUT2D eigenvalue weighted by Gasteiger charge is -2.17. The molecule has 1 amide bonds. The normalized spacial score (nSPS) is 13.5. The van der Waals surface area contributed by atoms with Gasteiger partial charge in [-0.2, -0.15) is 0 Å². The number of nitrogens with one attached hydrogen (secondary N) is 1. The summed E-state index contributed by atoms with van der Waals surface area (Å²) in [5.74, 6) is -0.113. The van der Waals surface area contributed by atoms with Gasteiger partial charge in [0.1, 0.15) is 6.54 Å². The average Bonchev–Trinajstić information content (AvgIpc) is 3.08. The van der Waals surface area contributed by atoms with Crippen LogP contribution in [0.5, 0.6) is 0 Å². The van der Waals surface area contributed by atoms with Crippen LogP contribution in [0, 0.1) is 0 Å². The Morgan fingerprint density at radius 3 is 2.91 bits per heavy atom. The Balaban J connectivity index is 1.68. The predicted octanol–water partition coefficient (Wildman–Crippen LogP) is 2.57. The molecule has 5 nitrogen and oxygen atoms in total. The van der Waals surface area contributed by atoms with Gasteiger partial charge in [0.2, 0.25) is 5.91 Å². The smallest absolute Gasteiger partial charge is 0.310 e. The van der Waals surface area contributed by atoms with Crippen LogP contribution in [0.4, 0.5) is 5.69 Å². The monoisotopic (exact) mass is 327 g/mol. The molecule has 1 N–H and O–H groups in total. The van der Waals surface area contributed by atoms with Crippen LogP contribution in [0.25, 0.3) is 11.0 Å². The number of benzene rings is 2. The molecule has 1 aliphatic heterocycles. The number of nitrogens with zero attached hydrogens (tertiary/aromatic N) is 2. The number of halogens is 1. The Morgan fingerprint density at radius 1 is 1.22 bits per heavy atom. The number of imidazole rings is 1. The molecule has 0 unspecified atom stereocenters. The molecular weight excluding hydrogens is 314 g/mol. The lowest BCUT2D eigenvalue weighted by Crippen LogP contribution is -2.34. The summed E-state index contributed by atoms with van der Waals surface area (Å²) >= 11 is 6.04.